The lowest BCUT2D eigenvalue weighted by atomic mass is 10.3. The summed E-state index contributed by atoms with van der Waals surface area (Å²) in [4.78, 5) is 21.5. The first-order valence-corrected chi connectivity index (χ1v) is 4.57. The van der Waals surface area contributed by atoms with E-state index in [0.29, 0.717) is 0 Å². The molecule has 0 aliphatic rings. The zero-order chi connectivity index (χ0) is 12.0. The van der Waals surface area contributed by atoms with Crippen LogP contribution in [0.3, 0.4) is 0 Å². The van der Waals surface area contributed by atoms with Gasteiger partial charge in [0.05, 0.1) is 12.7 Å². The second-order valence-electron chi connectivity index (χ2n) is 3.24. The van der Waals surface area contributed by atoms with Gasteiger partial charge in [0.15, 0.2) is 12.2 Å². The first-order chi connectivity index (χ1) is 6.84. The van der Waals surface area contributed by atoms with Crippen molar-refractivity contribution in [2.75, 3.05) is 6.61 Å². The fourth-order valence-corrected chi connectivity index (χ4v) is 0.672. The van der Waals surface area contributed by atoms with E-state index in [1.54, 1.807) is 0 Å². The molecule has 0 spiro atoms. The van der Waals surface area contributed by atoms with Crippen LogP contribution >= 0.6 is 0 Å². The molecule has 0 radical (unpaired) electrons. The average Bonchev–Trinajstić information content (AvgIpc) is 2.13. The van der Waals surface area contributed by atoms with Crippen LogP contribution in [-0.4, -0.2) is 47.1 Å². The van der Waals surface area contributed by atoms with Crippen molar-refractivity contribution < 1.29 is 29.3 Å². The molecule has 6 heteroatoms. The predicted molar refractivity (Wildman–Crippen MR) is 50.3 cm³/mol. The van der Waals surface area contributed by atoms with Crippen molar-refractivity contribution in [1.82, 2.24) is 0 Å². The summed E-state index contributed by atoms with van der Waals surface area (Å²) in [7, 11) is 0. The second kappa shape index (κ2) is 6.36. The first kappa shape index (κ1) is 13.9. The summed E-state index contributed by atoms with van der Waals surface area (Å²) in [6.45, 7) is 4.19. The Hall–Kier alpha value is -1.14. The fraction of sp³-hybridized carbons (Fsp3) is 0.778. The van der Waals surface area contributed by atoms with Gasteiger partial charge in [-0.25, -0.2) is 9.59 Å². The van der Waals surface area contributed by atoms with Crippen LogP contribution in [0.15, 0.2) is 0 Å². The average molecular weight is 220 g/mol. The number of carbonyl (C=O) groups is 2. The number of aliphatic hydroxyl groups excluding tert-OH is 1. The summed E-state index contributed by atoms with van der Waals surface area (Å²) in [6.07, 6.45) is -2.77. The van der Waals surface area contributed by atoms with Gasteiger partial charge in [0.1, 0.15) is 0 Å². The molecule has 0 saturated carbocycles. The maximum absolute atomic E-state index is 11.2. The Labute approximate surface area is 87.8 Å². The van der Waals surface area contributed by atoms with Gasteiger partial charge in [-0.05, 0) is 20.8 Å². The molecular weight excluding hydrogens is 204 g/mol. The maximum atomic E-state index is 11.2. The number of hydrogen-bond acceptors (Lipinski definition) is 5. The van der Waals surface area contributed by atoms with Crippen LogP contribution in [0.5, 0.6) is 0 Å². The van der Waals surface area contributed by atoms with Gasteiger partial charge < -0.3 is 19.7 Å². The summed E-state index contributed by atoms with van der Waals surface area (Å²) in [5.74, 6) is -1.98. The number of carboxylic acids is 1. The second-order valence-corrected chi connectivity index (χ2v) is 3.24. The van der Waals surface area contributed by atoms with Crippen molar-refractivity contribution >= 4 is 11.9 Å². The van der Waals surface area contributed by atoms with Crippen molar-refractivity contribution in [2.45, 2.75) is 39.1 Å². The molecular formula is C9H16O6. The molecule has 0 saturated heterocycles. The van der Waals surface area contributed by atoms with Crippen LogP contribution in [0.1, 0.15) is 20.8 Å². The minimum atomic E-state index is -1.22. The minimum Gasteiger partial charge on any atom is -0.479 e. The molecule has 0 fully saturated rings. The van der Waals surface area contributed by atoms with Crippen LogP contribution in [-0.2, 0) is 19.1 Å². The molecule has 6 nitrogen and oxygen atoms in total. The van der Waals surface area contributed by atoms with E-state index in [-0.39, 0.29) is 6.61 Å². The molecule has 15 heavy (non-hydrogen) atoms. The van der Waals surface area contributed by atoms with Crippen molar-refractivity contribution in [3.05, 3.63) is 0 Å². The minimum absolute atomic E-state index is 0.00226. The van der Waals surface area contributed by atoms with Gasteiger partial charge in [-0.15, -0.1) is 0 Å². The smallest absolute Gasteiger partial charge is 0.344 e. The van der Waals surface area contributed by atoms with Crippen LogP contribution in [0.2, 0.25) is 0 Å². The third kappa shape index (κ3) is 6.03. The molecule has 0 aliphatic carbocycles. The van der Waals surface area contributed by atoms with Gasteiger partial charge in [-0.2, -0.15) is 0 Å². The Bertz CT molecular complexity index is 225. The fourth-order valence-electron chi connectivity index (χ4n) is 0.672. The topological polar surface area (TPSA) is 93.1 Å². The van der Waals surface area contributed by atoms with E-state index >= 15 is 0 Å². The number of hydrogen-bond donors (Lipinski definition) is 2. The molecule has 88 valence electrons. The molecule has 2 N–H and O–H groups in total. The number of esters is 1. The molecule has 0 aromatic carbocycles. The Morgan fingerprint density at radius 2 is 1.73 bits per heavy atom. The lowest BCUT2D eigenvalue weighted by Gasteiger charge is -2.15. The zero-order valence-electron chi connectivity index (χ0n) is 8.97. The summed E-state index contributed by atoms with van der Waals surface area (Å²) >= 11 is 0. The summed E-state index contributed by atoms with van der Waals surface area (Å²) < 4.78 is 9.49. The summed E-state index contributed by atoms with van der Waals surface area (Å²) in [6, 6.07) is 0. The van der Waals surface area contributed by atoms with Crippen LogP contribution in [0.4, 0.5) is 0 Å². The van der Waals surface area contributed by atoms with Gasteiger partial charge in [0.2, 0.25) is 0 Å². The third-order valence-electron chi connectivity index (χ3n) is 1.56. The van der Waals surface area contributed by atoms with E-state index in [4.69, 9.17) is 14.9 Å². The highest BCUT2D eigenvalue weighted by Gasteiger charge is 2.21. The highest BCUT2D eigenvalue weighted by atomic mass is 16.6. The maximum Gasteiger partial charge on any atom is 0.344 e. The highest BCUT2D eigenvalue weighted by Crippen LogP contribution is 2.00. The van der Waals surface area contributed by atoms with E-state index in [1.165, 1.54) is 20.8 Å². The quantitative estimate of drug-likeness (QED) is 0.601. The molecule has 0 aromatic rings. The summed E-state index contributed by atoms with van der Waals surface area (Å²) in [5.41, 5.74) is 0. The van der Waals surface area contributed by atoms with Gasteiger partial charge >= 0.3 is 11.9 Å². The van der Waals surface area contributed by atoms with Crippen LogP contribution in [0.25, 0.3) is 0 Å². The van der Waals surface area contributed by atoms with Crippen LogP contribution in [0, 0.1) is 0 Å². The number of carbonyl (C=O) groups excluding carboxylic acids is 1. The van der Waals surface area contributed by atoms with Crippen molar-refractivity contribution in [3.8, 4) is 0 Å². The van der Waals surface area contributed by atoms with E-state index < -0.39 is 30.3 Å². The monoisotopic (exact) mass is 220 g/mol. The molecule has 3 atom stereocenters. The number of rotatable bonds is 6. The number of aliphatic carboxylic acids is 1. The Morgan fingerprint density at radius 3 is 2.13 bits per heavy atom. The van der Waals surface area contributed by atoms with Crippen molar-refractivity contribution in [3.63, 3.8) is 0 Å². The van der Waals surface area contributed by atoms with E-state index in [9.17, 15) is 9.59 Å². The Morgan fingerprint density at radius 1 is 1.20 bits per heavy atom. The van der Waals surface area contributed by atoms with Crippen molar-refractivity contribution in [2.24, 2.45) is 0 Å². The van der Waals surface area contributed by atoms with E-state index in [0.717, 1.165) is 0 Å². The number of aliphatic hydroxyl groups is 1. The highest BCUT2D eigenvalue weighted by molar-refractivity contribution is 5.79. The molecule has 0 aromatic heterocycles. The largest absolute Gasteiger partial charge is 0.479 e. The summed E-state index contributed by atoms with van der Waals surface area (Å²) in [5, 5.41) is 17.4. The van der Waals surface area contributed by atoms with Crippen molar-refractivity contribution in [1.29, 1.82) is 0 Å². The normalized spacial score (nSPS) is 16.5. The molecule has 0 heterocycles. The predicted octanol–water partition coefficient (Wildman–Crippen LogP) is -0.211. The van der Waals surface area contributed by atoms with Gasteiger partial charge in [-0.3, -0.25) is 0 Å². The number of ether oxygens (including phenoxy) is 2. The first-order valence-electron chi connectivity index (χ1n) is 4.57. The van der Waals surface area contributed by atoms with Crippen LogP contribution < -0.4 is 0 Å². The molecule has 0 rings (SSSR count). The molecule has 0 bridgehead atoms. The Balaban J connectivity index is 3.94. The zero-order valence-corrected chi connectivity index (χ0v) is 8.97. The van der Waals surface area contributed by atoms with Gasteiger partial charge in [-0.1, -0.05) is 0 Å². The molecule has 0 amide bonds. The Kier molecular flexibility index (Phi) is 5.88. The lowest BCUT2D eigenvalue weighted by molar-refractivity contribution is -0.171. The molecule has 3 unspecified atom stereocenters. The SMILES string of the molecule is CC(O)COC(C)C(=O)OC(C)C(=O)O. The molecule has 0 aliphatic heterocycles. The van der Waals surface area contributed by atoms with E-state index in [2.05, 4.69) is 4.74 Å². The third-order valence-corrected chi connectivity index (χ3v) is 1.56. The lowest BCUT2D eigenvalue weighted by Crippen LogP contribution is -2.32. The standard InChI is InChI=1S/C9H16O6/c1-5(10)4-14-7(3)9(13)15-6(2)8(11)12/h5-7,10H,4H2,1-3H3,(H,11,12). The number of carboxylic acid groups (broad SMARTS) is 1. The van der Waals surface area contributed by atoms with E-state index in [1.807, 2.05) is 0 Å². The van der Waals surface area contributed by atoms with Gasteiger partial charge in [0.25, 0.3) is 0 Å². The van der Waals surface area contributed by atoms with Gasteiger partial charge in [0, 0.05) is 0 Å².